The lowest BCUT2D eigenvalue weighted by atomic mass is 9.88. The van der Waals surface area contributed by atoms with Crippen LogP contribution < -0.4 is 5.73 Å². The van der Waals surface area contributed by atoms with Crippen LogP contribution in [0.2, 0.25) is 0 Å². The van der Waals surface area contributed by atoms with Crippen molar-refractivity contribution in [2.75, 3.05) is 6.61 Å². The van der Waals surface area contributed by atoms with Gasteiger partial charge in [0.2, 0.25) is 11.7 Å². The van der Waals surface area contributed by atoms with Crippen molar-refractivity contribution in [3.05, 3.63) is 11.7 Å². The summed E-state index contributed by atoms with van der Waals surface area (Å²) in [5.74, 6) is 1.11. The number of ether oxygens (including phenoxy) is 1. The van der Waals surface area contributed by atoms with Gasteiger partial charge in [-0.05, 0) is 18.8 Å². The van der Waals surface area contributed by atoms with Crippen molar-refractivity contribution in [3.8, 4) is 0 Å². The first-order valence-corrected chi connectivity index (χ1v) is 7.10. The number of nitrogens with two attached hydrogens (primary N) is 1. The van der Waals surface area contributed by atoms with E-state index < -0.39 is 0 Å². The Morgan fingerprint density at radius 1 is 1.32 bits per heavy atom. The van der Waals surface area contributed by atoms with Gasteiger partial charge in [0, 0.05) is 6.61 Å². The van der Waals surface area contributed by atoms with E-state index in [-0.39, 0.29) is 17.6 Å². The quantitative estimate of drug-likeness (QED) is 0.821. The van der Waals surface area contributed by atoms with E-state index in [0.29, 0.717) is 18.3 Å². The summed E-state index contributed by atoms with van der Waals surface area (Å²) in [5.41, 5.74) is 5.96. The molecule has 19 heavy (non-hydrogen) atoms. The van der Waals surface area contributed by atoms with Gasteiger partial charge in [-0.15, -0.1) is 0 Å². The van der Waals surface area contributed by atoms with Crippen molar-refractivity contribution in [1.29, 1.82) is 0 Å². The van der Waals surface area contributed by atoms with Crippen LogP contribution in [-0.4, -0.2) is 16.7 Å². The molecule has 2 atom stereocenters. The van der Waals surface area contributed by atoms with Gasteiger partial charge in [-0.3, -0.25) is 0 Å². The monoisotopic (exact) mass is 269 g/mol. The Morgan fingerprint density at radius 2 is 2.00 bits per heavy atom. The molecule has 0 saturated heterocycles. The van der Waals surface area contributed by atoms with Crippen molar-refractivity contribution in [2.24, 2.45) is 11.1 Å². The second kappa shape index (κ2) is 7.01. The maximum Gasteiger partial charge on any atom is 0.243 e. The highest BCUT2D eigenvalue weighted by Gasteiger charge is 2.31. The summed E-state index contributed by atoms with van der Waals surface area (Å²) in [7, 11) is 0. The number of hydrogen-bond acceptors (Lipinski definition) is 5. The van der Waals surface area contributed by atoms with Crippen LogP contribution in [0.5, 0.6) is 0 Å². The van der Waals surface area contributed by atoms with Crippen LogP contribution in [0.4, 0.5) is 0 Å². The summed E-state index contributed by atoms with van der Waals surface area (Å²) in [6.07, 6.45) is 2.87. The highest BCUT2D eigenvalue weighted by molar-refractivity contribution is 4.98. The molecule has 0 amide bonds. The molecule has 0 aliphatic carbocycles. The Hall–Kier alpha value is -0.940. The Balaban J connectivity index is 2.81. The Kier molecular flexibility index (Phi) is 5.94. The van der Waals surface area contributed by atoms with E-state index in [1.807, 2.05) is 6.92 Å². The van der Waals surface area contributed by atoms with Crippen molar-refractivity contribution in [1.82, 2.24) is 10.1 Å². The predicted octanol–water partition coefficient (Wildman–Crippen LogP) is 3.38. The third-order valence-corrected chi connectivity index (χ3v) is 3.00. The Morgan fingerprint density at radius 3 is 2.53 bits per heavy atom. The van der Waals surface area contributed by atoms with Crippen molar-refractivity contribution in [3.63, 3.8) is 0 Å². The van der Waals surface area contributed by atoms with Crippen molar-refractivity contribution in [2.45, 2.75) is 66.0 Å². The number of hydrogen-bond donors (Lipinski definition) is 1. The third-order valence-electron chi connectivity index (χ3n) is 3.00. The number of nitrogens with zero attached hydrogens (tertiary/aromatic N) is 2. The number of aromatic nitrogens is 2. The first-order valence-electron chi connectivity index (χ1n) is 7.10. The standard InChI is InChI=1S/C14H27N3O2/c1-6-8-9-10(15)13-16-12(17-19-13)11(18-7-2)14(3,4)5/h10-11H,6-9,15H2,1-5H3/t10-,11?/m0/s1. The zero-order valence-corrected chi connectivity index (χ0v) is 12.8. The second-order valence-corrected chi connectivity index (χ2v) is 5.94. The van der Waals surface area contributed by atoms with Gasteiger partial charge < -0.3 is 15.0 Å². The van der Waals surface area contributed by atoms with Crippen molar-refractivity contribution < 1.29 is 9.26 Å². The molecule has 0 bridgehead atoms. The molecule has 0 aliphatic heterocycles. The van der Waals surface area contributed by atoms with E-state index in [9.17, 15) is 0 Å². The highest BCUT2D eigenvalue weighted by atomic mass is 16.5. The smallest absolute Gasteiger partial charge is 0.243 e. The fourth-order valence-electron chi connectivity index (χ4n) is 1.93. The van der Waals surface area contributed by atoms with Gasteiger partial charge >= 0.3 is 0 Å². The fraction of sp³-hybridized carbons (Fsp3) is 0.857. The van der Waals surface area contributed by atoms with E-state index in [0.717, 1.165) is 19.3 Å². The third kappa shape index (κ3) is 4.58. The Labute approximate surface area is 115 Å². The van der Waals surface area contributed by atoms with Gasteiger partial charge in [0.15, 0.2) is 0 Å². The summed E-state index contributed by atoms with van der Waals surface area (Å²) >= 11 is 0. The molecule has 5 heteroatoms. The number of rotatable bonds is 7. The maximum absolute atomic E-state index is 6.04. The lowest BCUT2D eigenvalue weighted by molar-refractivity contribution is -0.0203. The molecule has 1 aromatic rings. The summed E-state index contributed by atoms with van der Waals surface area (Å²) < 4.78 is 11.0. The topological polar surface area (TPSA) is 74.2 Å². The molecule has 1 aromatic heterocycles. The molecule has 2 N–H and O–H groups in total. The minimum Gasteiger partial charge on any atom is -0.370 e. The van der Waals surface area contributed by atoms with E-state index in [4.69, 9.17) is 15.0 Å². The van der Waals surface area contributed by atoms with Crippen LogP contribution in [-0.2, 0) is 4.74 Å². The van der Waals surface area contributed by atoms with E-state index >= 15 is 0 Å². The van der Waals surface area contributed by atoms with Gasteiger partial charge in [0.25, 0.3) is 0 Å². The van der Waals surface area contributed by atoms with E-state index in [2.05, 4.69) is 37.8 Å². The highest BCUT2D eigenvalue weighted by Crippen LogP contribution is 2.34. The summed E-state index contributed by atoms with van der Waals surface area (Å²) in [4.78, 5) is 4.42. The molecule has 0 spiro atoms. The summed E-state index contributed by atoms with van der Waals surface area (Å²) in [6.45, 7) is 11.0. The minimum absolute atomic E-state index is 0.0787. The average molecular weight is 269 g/mol. The molecule has 5 nitrogen and oxygen atoms in total. The Bertz CT molecular complexity index is 371. The van der Waals surface area contributed by atoms with Gasteiger partial charge in [0.1, 0.15) is 6.10 Å². The first-order chi connectivity index (χ1) is 8.90. The lowest BCUT2D eigenvalue weighted by Gasteiger charge is -2.27. The maximum atomic E-state index is 6.04. The van der Waals surface area contributed by atoms with Crippen molar-refractivity contribution >= 4 is 0 Å². The molecule has 0 saturated carbocycles. The van der Waals surface area contributed by atoms with E-state index in [1.54, 1.807) is 0 Å². The van der Waals surface area contributed by atoms with Crippen LogP contribution in [0.15, 0.2) is 4.52 Å². The molecule has 1 heterocycles. The molecular weight excluding hydrogens is 242 g/mol. The van der Waals surface area contributed by atoms with Crippen LogP contribution in [0.1, 0.15) is 77.7 Å². The molecule has 0 aromatic carbocycles. The summed E-state index contributed by atoms with van der Waals surface area (Å²) in [5, 5.41) is 4.04. The minimum atomic E-state index is -0.177. The first kappa shape index (κ1) is 16.1. The van der Waals surface area contributed by atoms with Crippen LogP contribution in [0, 0.1) is 5.41 Å². The fourth-order valence-corrected chi connectivity index (χ4v) is 1.93. The molecule has 110 valence electrons. The molecule has 1 rings (SSSR count). The zero-order chi connectivity index (χ0) is 14.5. The zero-order valence-electron chi connectivity index (χ0n) is 12.8. The second-order valence-electron chi connectivity index (χ2n) is 5.94. The molecular formula is C14H27N3O2. The SMILES string of the molecule is CCCC[C@H](N)c1nc(C(OCC)C(C)(C)C)no1. The van der Waals surface area contributed by atoms with E-state index in [1.165, 1.54) is 0 Å². The lowest BCUT2D eigenvalue weighted by Crippen LogP contribution is -2.22. The molecule has 0 radical (unpaired) electrons. The van der Waals surface area contributed by atoms with Crippen LogP contribution >= 0.6 is 0 Å². The molecule has 1 unspecified atom stereocenters. The van der Waals surface area contributed by atoms with Gasteiger partial charge in [-0.25, -0.2) is 0 Å². The summed E-state index contributed by atoms with van der Waals surface area (Å²) in [6, 6.07) is -0.177. The van der Waals surface area contributed by atoms with Gasteiger partial charge in [-0.2, -0.15) is 4.98 Å². The molecule has 0 fully saturated rings. The average Bonchev–Trinajstić information content (AvgIpc) is 2.80. The van der Waals surface area contributed by atoms with Crippen LogP contribution in [0.25, 0.3) is 0 Å². The largest absolute Gasteiger partial charge is 0.370 e. The van der Waals surface area contributed by atoms with Gasteiger partial charge in [0.05, 0.1) is 6.04 Å². The van der Waals surface area contributed by atoms with Gasteiger partial charge in [-0.1, -0.05) is 45.7 Å². The normalized spacial score (nSPS) is 15.5. The van der Waals surface area contributed by atoms with Crippen LogP contribution in [0.3, 0.4) is 0 Å². The predicted molar refractivity (Wildman–Crippen MR) is 74.6 cm³/mol. The number of unbranched alkanes of at least 4 members (excludes halogenated alkanes) is 1. The molecule has 0 aliphatic rings.